The monoisotopic (exact) mass is 551 g/mol. The standard InChI is InChI=1S/C31H31N5O3.C2H6/c1-2-18-34-23-29(37)35-27(19-24-12-6-3-7-13-24)30(38)33(21-26-16-10-5-11-17-26)22-28(35)36(34)31(39)32-20-25-14-8-4-9-15-25;1-2/h1,3-17,27-28H,18-23H2,(H,32,39);1-2H3/t27-,28?;/m0./s1. The van der Waals surface area contributed by atoms with E-state index in [4.69, 9.17) is 6.42 Å². The van der Waals surface area contributed by atoms with Crippen molar-refractivity contribution in [3.8, 4) is 12.3 Å². The second kappa shape index (κ2) is 14.1. The zero-order chi connectivity index (χ0) is 29.2. The predicted molar refractivity (Wildman–Crippen MR) is 159 cm³/mol. The fourth-order valence-corrected chi connectivity index (χ4v) is 5.28. The van der Waals surface area contributed by atoms with E-state index in [1.54, 1.807) is 14.8 Å². The summed E-state index contributed by atoms with van der Waals surface area (Å²) in [5.74, 6) is 2.21. The first-order valence-corrected chi connectivity index (χ1v) is 14.0. The first-order chi connectivity index (χ1) is 20.0. The number of hydrogen-bond acceptors (Lipinski definition) is 4. The molecule has 2 heterocycles. The number of benzene rings is 3. The van der Waals surface area contributed by atoms with Gasteiger partial charge < -0.3 is 15.1 Å². The van der Waals surface area contributed by atoms with Crippen molar-refractivity contribution in [1.82, 2.24) is 25.1 Å². The molecule has 1 N–H and O–H groups in total. The van der Waals surface area contributed by atoms with Crippen molar-refractivity contribution in [3.05, 3.63) is 108 Å². The van der Waals surface area contributed by atoms with Crippen LogP contribution >= 0.6 is 0 Å². The van der Waals surface area contributed by atoms with E-state index >= 15 is 0 Å². The number of carbonyl (C=O) groups is 3. The summed E-state index contributed by atoms with van der Waals surface area (Å²) in [7, 11) is 0. The van der Waals surface area contributed by atoms with Crippen LogP contribution in [0.25, 0.3) is 0 Å². The molecule has 2 fully saturated rings. The van der Waals surface area contributed by atoms with E-state index in [0.29, 0.717) is 19.5 Å². The number of amides is 4. The SMILES string of the molecule is C#CCN1CC(=O)N2C(CN(Cc3ccccc3)C(=O)[C@@H]2Cc2ccccc2)N1C(=O)NCc1ccccc1.CC. The number of piperazine rings is 1. The molecule has 0 aliphatic carbocycles. The summed E-state index contributed by atoms with van der Waals surface area (Å²) in [6, 6.07) is 27.8. The zero-order valence-corrected chi connectivity index (χ0v) is 23.6. The van der Waals surface area contributed by atoms with Crippen LogP contribution in [-0.2, 0) is 29.1 Å². The highest BCUT2D eigenvalue weighted by Crippen LogP contribution is 2.29. The Hall–Kier alpha value is -4.61. The number of rotatable bonds is 7. The number of fused-ring (bicyclic) bond motifs is 1. The number of hydrazine groups is 1. The Morgan fingerprint density at radius 2 is 1.44 bits per heavy atom. The smallest absolute Gasteiger partial charge is 0.333 e. The lowest BCUT2D eigenvalue weighted by atomic mass is 9.98. The lowest BCUT2D eigenvalue weighted by Gasteiger charge is -2.55. The Morgan fingerprint density at radius 1 is 0.878 bits per heavy atom. The van der Waals surface area contributed by atoms with Crippen molar-refractivity contribution in [2.24, 2.45) is 0 Å². The third-order valence-corrected chi connectivity index (χ3v) is 7.09. The molecule has 5 rings (SSSR count). The van der Waals surface area contributed by atoms with Crippen LogP contribution < -0.4 is 5.32 Å². The summed E-state index contributed by atoms with van der Waals surface area (Å²) in [5.41, 5.74) is 2.86. The summed E-state index contributed by atoms with van der Waals surface area (Å²) in [4.78, 5) is 44.5. The number of carbonyl (C=O) groups excluding carboxylic acids is 3. The first-order valence-electron chi connectivity index (χ1n) is 14.0. The van der Waals surface area contributed by atoms with Gasteiger partial charge in [-0.3, -0.25) is 9.59 Å². The molecule has 0 saturated carbocycles. The average molecular weight is 552 g/mol. The van der Waals surface area contributed by atoms with Crippen LogP contribution in [0.5, 0.6) is 0 Å². The molecule has 3 aromatic rings. The molecule has 0 spiro atoms. The Morgan fingerprint density at radius 3 is 2.02 bits per heavy atom. The fraction of sp³-hybridized carbons (Fsp3) is 0.303. The molecule has 8 nitrogen and oxygen atoms in total. The van der Waals surface area contributed by atoms with E-state index in [1.807, 2.05) is 105 Å². The molecule has 4 amide bonds. The average Bonchev–Trinajstić information content (AvgIpc) is 3.01. The molecule has 2 saturated heterocycles. The van der Waals surface area contributed by atoms with Gasteiger partial charge in [0.1, 0.15) is 12.2 Å². The Balaban J connectivity index is 0.00000189. The summed E-state index contributed by atoms with van der Waals surface area (Å²) in [6.07, 6.45) is 5.29. The van der Waals surface area contributed by atoms with Crippen molar-refractivity contribution >= 4 is 17.8 Å². The summed E-state index contributed by atoms with van der Waals surface area (Å²) >= 11 is 0. The maximum absolute atomic E-state index is 13.9. The van der Waals surface area contributed by atoms with Crippen LogP contribution in [0.15, 0.2) is 91.0 Å². The third-order valence-electron chi connectivity index (χ3n) is 7.09. The third kappa shape index (κ3) is 6.94. The number of terminal acetylenes is 1. The molecular formula is C33H37N5O3. The molecule has 2 aliphatic heterocycles. The van der Waals surface area contributed by atoms with E-state index in [0.717, 1.165) is 16.7 Å². The molecule has 2 aliphatic rings. The van der Waals surface area contributed by atoms with E-state index in [2.05, 4.69) is 11.2 Å². The highest BCUT2D eigenvalue weighted by molar-refractivity contribution is 5.91. The van der Waals surface area contributed by atoms with Gasteiger partial charge in [-0.25, -0.2) is 9.80 Å². The molecule has 212 valence electrons. The summed E-state index contributed by atoms with van der Waals surface area (Å²) in [5, 5.41) is 6.11. The van der Waals surface area contributed by atoms with Crippen molar-refractivity contribution in [2.45, 2.75) is 45.6 Å². The van der Waals surface area contributed by atoms with Gasteiger partial charge in [0.05, 0.1) is 19.6 Å². The second-order valence-electron chi connectivity index (χ2n) is 9.71. The fourth-order valence-electron chi connectivity index (χ4n) is 5.28. The Kier molecular flexibility index (Phi) is 10.1. The van der Waals surface area contributed by atoms with Crippen molar-refractivity contribution in [2.75, 3.05) is 19.6 Å². The summed E-state index contributed by atoms with van der Waals surface area (Å²) in [6.45, 7) is 4.87. The van der Waals surface area contributed by atoms with Crippen LogP contribution in [0.3, 0.4) is 0 Å². The van der Waals surface area contributed by atoms with Crippen LogP contribution in [0.2, 0.25) is 0 Å². The molecule has 8 heteroatoms. The molecular weight excluding hydrogens is 514 g/mol. The minimum atomic E-state index is -0.750. The molecule has 0 bridgehead atoms. The van der Waals surface area contributed by atoms with Gasteiger partial charge >= 0.3 is 6.03 Å². The van der Waals surface area contributed by atoms with Crippen LogP contribution in [0.4, 0.5) is 4.79 Å². The highest BCUT2D eigenvalue weighted by atomic mass is 16.2. The molecule has 2 atom stereocenters. The quantitative estimate of drug-likeness (QED) is 0.452. The van der Waals surface area contributed by atoms with Gasteiger partial charge in [0, 0.05) is 19.5 Å². The van der Waals surface area contributed by atoms with E-state index in [1.165, 1.54) is 5.01 Å². The minimum absolute atomic E-state index is 0.0866. The normalized spacial score (nSPS) is 18.6. The summed E-state index contributed by atoms with van der Waals surface area (Å²) < 4.78 is 0. The molecule has 0 radical (unpaired) electrons. The molecule has 1 unspecified atom stereocenters. The Labute approximate surface area is 242 Å². The van der Waals surface area contributed by atoms with Crippen molar-refractivity contribution in [1.29, 1.82) is 0 Å². The minimum Gasteiger partial charge on any atom is -0.333 e. The number of hydrogen-bond donors (Lipinski definition) is 1. The highest BCUT2D eigenvalue weighted by Gasteiger charge is 2.51. The van der Waals surface area contributed by atoms with Gasteiger partial charge in [-0.2, -0.15) is 5.01 Å². The number of nitrogens with zero attached hydrogens (tertiary/aromatic N) is 4. The van der Waals surface area contributed by atoms with Gasteiger partial charge in [-0.15, -0.1) is 6.42 Å². The lowest BCUT2D eigenvalue weighted by Crippen LogP contribution is -2.76. The van der Waals surface area contributed by atoms with Crippen molar-refractivity contribution in [3.63, 3.8) is 0 Å². The van der Waals surface area contributed by atoms with Gasteiger partial charge in [-0.1, -0.05) is 111 Å². The van der Waals surface area contributed by atoms with E-state index in [-0.39, 0.29) is 37.5 Å². The number of urea groups is 1. The molecule has 41 heavy (non-hydrogen) atoms. The van der Waals surface area contributed by atoms with Crippen LogP contribution in [-0.4, -0.2) is 69.5 Å². The molecule has 0 aromatic heterocycles. The maximum atomic E-state index is 13.9. The largest absolute Gasteiger partial charge is 0.334 e. The van der Waals surface area contributed by atoms with Gasteiger partial charge in [0.25, 0.3) is 0 Å². The molecule has 3 aromatic carbocycles. The predicted octanol–water partition coefficient (Wildman–Crippen LogP) is 3.90. The van der Waals surface area contributed by atoms with E-state index in [9.17, 15) is 14.4 Å². The second-order valence-corrected chi connectivity index (χ2v) is 9.71. The lowest BCUT2D eigenvalue weighted by molar-refractivity contribution is -0.189. The van der Waals surface area contributed by atoms with Crippen molar-refractivity contribution < 1.29 is 14.4 Å². The van der Waals surface area contributed by atoms with Crippen LogP contribution in [0, 0.1) is 12.3 Å². The van der Waals surface area contributed by atoms with E-state index < -0.39 is 12.2 Å². The maximum Gasteiger partial charge on any atom is 0.334 e. The first kappa shape index (κ1) is 29.4. The Bertz CT molecular complexity index is 1340. The zero-order valence-electron chi connectivity index (χ0n) is 23.6. The topological polar surface area (TPSA) is 76.2 Å². The van der Waals surface area contributed by atoms with Gasteiger partial charge in [0.15, 0.2) is 0 Å². The van der Waals surface area contributed by atoms with Gasteiger partial charge in [0.2, 0.25) is 11.8 Å². The number of nitrogens with one attached hydrogen (secondary N) is 1. The van der Waals surface area contributed by atoms with Gasteiger partial charge in [-0.05, 0) is 16.7 Å². The van der Waals surface area contributed by atoms with Crippen LogP contribution in [0.1, 0.15) is 30.5 Å².